The van der Waals surface area contributed by atoms with E-state index in [1.165, 1.54) is 10.6 Å². The molecule has 0 aromatic heterocycles. The van der Waals surface area contributed by atoms with Crippen LogP contribution in [0.15, 0.2) is 0 Å². The van der Waals surface area contributed by atoms with Crippen LogP contribution in [0.3, 0.4) is 0 Å². The molecule has 0 radical (unpaired) electrons. The molecular formula is C7H8F6N2O2. The summed E-state index contributed by atoms with van der Waals surface area (Å²) in [4.78, 5) is 20.6. The maximum absolute atomic E-state index is 11.7. The van der Waals surface area contributed by atoms with E-state index < -0.39 is 36.8 Å². The minimum absolute atomic E-state index is 0.764. The Kier molecular flexibility index (Phi) is 4.78. The van der Waals surface area contributed by atoms with Gasteiger partial charge < -0.3 is 10.6 Å². The second-order valence-electron chi connectivity index (χ2n) is 3.08. The van der Waals surface area contributed by atoms with Crippen LogP contribution < -0.4 is 10.6 Å². The summed E-state index contributed by atoms with van der Waals surface area (Å²) >= 11 is 0. The van der Waals surface area contributed by atoms with Gasteiger partial charge in [-0.15, -0.1) is 0 Å². The molecule has 0 rings (SSSR count). The van der Waals surface area contributed by atoms with Crippen molar-refractivity contribution in [1.29, 1.82) is 0 Å². The summed E-state index contributed by atoms with van der Waals surface area (Å²) in [6.07, 6.45) is -10.2. The van der Waals surface area contributed by atoms with Gasteiger partial charge in [0, 0.05) is 12.6 Å². The SMILES string of the molecule is C[C@H](CNC(=O)C(F)(F)F)NC(=O)C(F)(F)F. The molecule has 0 saturated carbocycles. The highest BCUT2D eigenvalue weighted by Crippen LogP contribution is 2.15. The summed E-state index contributed by atoms with van der Waals surface area (Å²) in [5.41, 5.74) is 0. The molecule has 0 unspecified atom stereocenters. The third kappa shape index (κ3) is 5.97. The molecule has 1 atom stereocenters. The van der Waals surface area contributed by atoms with Crippen LogP contribution in [0.4, 0.5) is 26.3 Å². The van der Waals surface area contributed by atoms with Gasteiger partial charge in [0.25, 0.3) is 0 Å². The zero-order valence-electron chi connectivity index (χ0n) is 8.37. The molecule has 2 amide bonds. The van der Waals surface area contributed by atoms with Gasteiger partial charge in [-0.05, 0) is 6.92 Å². The Labute approximate surface area is 91.3 Å². The highest BCUT2D eigenvalue weighted by Gasteiger charge is 2.40. The van der Waals surface area contributed by atoms with Crippen molar-refractivity contribution in [2.24, 2.45) is 0 Å². The molecule has 0 bridgehead atoms. The monoisotopic (exact) mass is 266 g/mol. The molecule has 0 aliphatic carbocycles. The van der Waals surface area contributed by atoms with Gasteiger partial charge >= 0.3 is 24.2 Å². The number of carbonyl (C=O) groups is 2. The number of carbonyl (C=O) groups excluding carboxylic acids is 2. The first-order chi connectivity index (χ1) is 7.44. The molecule has 0 aromatic carbocycles. The van der Waals surface area contributed by atoms with Crippen LogP contribution in [0.25, 0.3) is 0 Å². The fraction of sp³-hybridized carbons (Fsp3) is 0.714. The zero-order chi connectivity index (χ0) is 13.9. The van der Waals surface area contributed by atoms with Crippen LogP contribution in [0.2, 0.25) is 0 Å². The molecule has 0 aromatic rings. The van der Waals surface area contributed by atoms with Crippen LogP contribution in [0.1, 0.15) is 6.92 Å². The summed E-state index contributed by atoms with van der Waals surface area (Å²) < 4.78 is 70.2. The quantitative estimate of drug-likeness (QED) is 0.740. The van der Waals surface area contributed by atoms with Gasteiger partial charge in [0.2, 0.25) is 0 Å². The topological polar surface area (TPSA) is 58.2 Å². The van der Waals surface area contributed by atoms with E-state index in [0.717, 1.165) is 6.92 Å². The predicted molar refractivity (Wildman–Crippen MR) is 42.7 cm³/mol. The van der Waals surface area contributed by atoms with Crippen LogP contribution in [-0.2, 0) is 9.59 Å². The smallest absolute Gasteiger partial charge is 0.346 e. The maximum atomic E-state index is 11.7. The number of hydrogen-bond acceptors (Lipinski definition) is 2. The fourth-order valence-electron chi connectivity index (χ4n) is 0.703. The Hall–Kier alpha value is -1.48. The van der Waals surface area contributed by atoms with Gasteiger partial charge in [0.1, 0.15) is 0 Å². The van der Waals surface area contributed by atoms with Crippen LogP contribution in [0, 0.1) is 0 Å². The molecule has 10 heteroatoms. The molecule has 0 spiro atoms. The van der Waals surface area contributed by atoms with Crippen LogP contribution >= 0.6 is 0 Å². The zero-order valence-corrected chi connectivity index (χ0v) is 8.37. The Morgan fingerprint density at radius 2 is 1.41 bits per heavy atom. The minimum Gasteiger partial charge on any atom is -0.346 e. The van der Waals surface area contributed by atoms with E-state index in [9.17, 15) is 35.9 Å². The number of hydrogen-bond donors (Lipinski definition) is 2. The summed E-state index contributed by atoms with van der Waals surface area (Å²) in [7, 11) is 0. The highest BCUT2D eigenvalue weighted by molar-refractivity contribution is 5.83. The summed E-state index contributed by atoms with van der Waals surface area (Å²) in [5, 5.41) is 2.71. The van der Waals surface area contributed by atoms with E-state index in [0.29, 0.717) is 0 Å². The third-order valence-corrected chi connectivity index (χ3v) is 1.46. The van der Waals surface area contributed by atoms with Crippen molar-refractivity contribution in [3.63, 3.8) is 0 Å². The van der Waals surface area contributed by atoms with Gasteiger partial charge in [-0.3, -0.25) is 9.59 Å². The lowest BCUT2D eigenvalue weighted by Crippen LogP contribution is -2.48. The highest BCUT2D eigenvalue weighted by atomic mass is 19.4. The summed E-state index contributed by atoms with van der Waals surface area (Å²) in [6.45, 7) is 0.250. The van der Waals surface area contributed by atoms with Gasteiger partial charge in [0.15, 0.2) is 0 Å². The Morgan fingerprint density at radius 1 is 1.00 bits per heavy atom. The first-order valence-electron chi connectivity index (χ1n) is 4.17. The largest absolute Gasteiger partial charge is 0.471 e. The number of amides is 2. The molecule has 0 saturated heterocycles. The van der Waals surface area contributed by atoms with E-state index in [2.05, 4.69) is 0 Å². The van der Waals surface area contributed by atoms with Crippen molar-refractivity contribution in [1.82, 2.24) is 10.6 Å². The average molecular weight is 266 g/mol. The molecule has 0 aliphatic heterocycles. The van der Waals surface area contributed by atoms with Crippen molar-refractivity contribution in [2.75, 3.05) is 6.54 Å². The van der Waals surface area contributed by atoms with Crippen molar-refractivity contribution in [3.8, 4) is 0 Å². The third-order valence-electron chi connectivity index (χ3n) is 1.46. The molecule has 17 heavy (non-hydrogen) atoms. The average Bonchev–Trinajstić information content (AvgIpc) is 2.10. The lowest BCUT2D eigenvalue weighted by molar-refractivity contribution is -0.175. The van der Waals surface area contributed by atoms with E-state index in [1.807, 2.05) is 0 Å². The molecule has 0 heterocycles. The summed E-state index contributed by atoms with van der Waals surface area (Å²) in [5.74, 6) is -4.57. The lowest BCUT2D eigenvalue weighted by Gasteiger charge is -2.16. The fourth-order valence-corrected chi connectivity index (χ4v) is 0.703. The molecule has 2 N–H and O–H groups in total. The first-order valence-corrected chi connectivity index (χ1v) is 4.17. The Morgan fingerprint density at radius 3 is 1.76 bits per heavy atom. The number of alkyl halides is 6. The summed E-state index contributed by atoms with van der Waals surface area (Å²) in [6, 6.07) is -1.28. The van der Waals surface area contributed by atoms with Crippen molar-refractivity contribution in [3.05, 3.63) is 0 Å². The second-order valence-corrected chi connectivity index (χ2v) is 3.08. The molecule has 0 aliphatic rings. The van der Waals surface area contributed by atoms with Gasteiger partial charge in [-0.25, -0.2) is 0 Å². The standard InChI is InChI=1S/C7H8F6N2O2/c1-3(15-5(17)7(11,12)13)2-14-4(16)6(8,9)10/h3H,2H2,1H3,(H,14,16)(H,15,17)/t3-/m1/s1. The first kappa shape index (κ1) is 15.5. The van der Waals surface area contributed by atoms with Gasteiger partial charge in [0.05, 0.1) is 0 Å². The minimum atomic E-state index is -5.12. The maximum Gasteiger partial charge on any atom is 0.471 e. The number of rotatable bonds is 3. The van der Waals surface area contributed by atoms with Crippen molar-refractivity contribution >= 4 is 11.8 Å². The van der Waals surface area contributed by atoms with Gasteiger partial charge in [-0.1, -0.05) is 0 Å². The normalized spacial score (nSPS) is 14.1. The van der Waals surface area contributed by atoms with E-state index >= 15 is 0 Å². The van der Waals surface area contributed by atoms with E-state index in [4.69, 9.17) is 0 Å². The molecule has 0 fully saturated rings. The molecule has 4 nitrogen and oxygen atoms in total. The molecule has 100 valence electrons. The van der Waals surface area contributed by atoms with Crippen LogP contribution in [-0.4, -0.2) is 36.8 Å². The Balaban J connectivity index is 4.10. The van der Waals surface area contributed by atoms with E-state index in [1.54, 1.807) is 0 Å². The number of halogens is 6. The predicted octanol–water partition coefficient (Wildman–Crippen LogP) is 0.732. The van der Waals surface area contributed by atoms with Gasteiger partial charge in [-0.2, -0.15) is 26.3 Å². The lowest BCUT2D eigenvalue weighted by atomic mass is 10.3. The second kappa shape index (κ2) is 5.23. The van der Waals surface area contributed by atoms with E-state index in [-0.39, 0.29) is 0 Å². The Bertz CT molecular complexity index is 298. The molecular weight excluding hydrogens is 258 g/mol. The van der Waals surface area contributed by atoms with Crippen molar-refractivity contribution in [2.45, 2.75) is 25.3 Å². The van der Waals surface area contributed by atoms with Crippen molar-refractivity contribution < 1.29 is 35.9 Å². The van der Waals surface area contributed by atoms with Crippen LogP contribution in [0.5, 0.6) is 0 Å². The number of nitrogens with one attached hydrogen (secondary N) is 2.